The highest BCUT2D eigenvalue weighted by Crippen LogP contribution is 2.28. The highest BCUT2D eigenvalue weighted by Gasteiger charge is 2.03. The molecule has 0 unspecified atom stereocenters. The van der Waals surface area contributed by atoms with E-state index in [4.69, 9.17) is 27.4 Å². The summed E-state index contributed by atoms with van der Waals surface area (Å²) in [6.07, 6.45) is 10.3. The highest BCUT2D eigenvalue weighted by molar-refractivity contribution is 5.89. The van der Waals surface area contributed by atoms with Gasteiger partial charge in [-0.25, -0.2) is 0 Å². The molecule has 0 aliphatic carbocycles. The number of phenolic OH excluding ortho intramolecular Hbond substituents is 1. The van der Waals surface area contributed by atoms with Gasteiger partial charge in [0.05, 0.1) is 0 Å². The summed E-state index contributed by atoms with van der Waals surface area (Å²) in [4.78, 5) is 0. The molecule has 0 fully saturated rings. The van der Waals surface area contributed by atoms with Crippen molar-refractivity contribution in [2.75, 3.05) is 13.2 Å². The van der Waals surface area contributed by atoms with Crippen LogP contribution in [0.4, 0.5) is 0 Å². The second-order valence-electron chi connectivity index (χ2n) is 6.16. The second kappa shape index (κ2) is 9.74. The summed E-state index contributed by atoms with van der Waals surface area (Å²) in [6.45, 7) is 0.521. The maximum absolute atomic E-state index is 9.13. The maximum Gasteiger partial charge on any atom is 0.148 e. The van der Waals surface area contributed by atoms with Gasteiger partial charge in [-0.15, -0.1) is 12.8 Å². The highest BCUT2D eigenvalue weighted by atomic mass is 16.5. The Labute approximate surface area is 170 Å². The molecule has 0 aromatic heterocycles. The van der Waals surface area contributed by atoms with Crippen LogP contribution in [0.3, 0.4) is 0 Å². The third-order valence-electron chi connectivity index (χ3n) is 4.18. The predicted octanol–water partition coefficient (Wildman–Crippen LogP) is 5.41. The van der Waals surface area contributed by atoms with Gasteiger partial charge in [0.25, 0.3) is 0 Å². The van der Waals surface area contributed by atoms with Crippen molar-refractivity contribution in [3.63, 3.8) is 0 Å². The monoisotopic (exact) mass is 380 g/mol. The normalized spacial score (nSPS) is 9.72. The summed E-state index contributed by atoms with van der Waals surface area (Å²) in [5.41, 5.74) is 0. The zero-order chi connectivity index (χ0) is 20.5. The first-order valence-corrected chi connectivity index (χ1v) is 9.04. The zero-order valence-electron chi connectivity index (χ0n) is 15.8. The van der Waals surface area contributed by atoms with E-state index < -0.39 is 0 Å². The number of hydrogen-bond acceptors (Lipinski definition) is 3. The average molecular weight is 380 g/mol. The Morgan fingerprint density at radius 2 is 1.41 bits per heavy atom. The quantitative estimate of drug-likeness (QED) is 0.481. The lowest BCUT2D eigenvalue weighted by Crippen LogP contribution is -1.95. The van der Waals surface area contributed by atoms with Crippen LogP contribution in [0.1, 0.15) is 0 Å². The van der Waals surface area contributed by atoms with Gasteiger partial charge in [-0.1, -0.05) is 54.3 Å². The van der Waals surface area contributed by atoms with E-state index in [2.05, 4.69) is 11.8 Å². The summed E-state index contributed by atoms with van der Waals surface area (Å²) in [6, 6.07) is 24.8. The number of terminal acetylenes is 2. The molecule has 3 nitrogen and oxygen atoms in total. The van der Waals surface area contributed by atoms with Crippen LogP contribution in [0.15, 0.2) is 78.9 Å². The number of hydrogen-bond donors (Lipinski definition) is 1. The molecular formula is C26H20O3. The fourth-order valence-electron chi connectivity index (χ4n) is 2.87. The molecule has 1 N–H and O–H groups in total. The zero-order valence-corrected chi connectivity index (χ0v) is 15.8. The SMILES string of the molecule is C#CCOc1ccc2c(OCC#C)cccc2c1.Oc1ccc2ccccc2c1. The van der Waals surface area contributed by atoms with E-state index >= 15 is 0 Å². The van der Waals surface area contributed by atoms with E-state index in [0.717, 1.165) is 33.0 Å². The molecule has 4 aromatic rings. The fraction of sp³-hybridized carbons (Fsp3) is 0.0769. The molecule has 4 aromatic carbocycles. The van der Waals surface area contributed by atoms with Crippen molar-refractivity contribution in [1.29, 1.82) is 0 Å². The average Bonchev–Trinajstić information content (AvgIpc) is 2.76. The molecule has 0 radical (unpaired) electrons. The first-order chi connectivity index (χ1) is 14.2. The van der Waals surface area contributed by atoms with Crippen molar-refractivity contribution >= 4 is 21.5 Å². The minimum atomic E-state index is 0.258. The number of benzene rings is 4. The Bertz CT molecular complexity index is 1200. The lowest BCUT2D eigenvalue weighted by atomic mass is 10.1. The molecular weight excluding hydrogens is 360 g/mol. The van der Waals surface area contributed by atoms with Crippen LogP contribution in [-0.4, -0.2) is 18.3 Å². The van der Waals surface area contributed by atoms with Gasteiger partial charge in [0.1, 0.15) is 30.5 Å². The molecule has 3 heteroatoms. The molecule has 0 atom stereocenters. The second-order valence-corrected chi connectivity index (χ2v) is 6.16. The summed E-state index contributed by atoms with van der Waals surface area (Å²) in [5.74, 6) is 6.73. The molecule has 0 heterocycles. The Morgan fingerprint density at radius 1 is 0.690 bits per heavy atom. The van der Waals surface area contributed by atoms with Crippen molar-refractivity contribution < 1.29 is 14.6 Å². The Balaban J connectivity index is 0.000000186. The number of phenols is 1. The van der Waals surface area contributed by atoms with Crippen LogP contribution in [0, 0.1) is 24.7 Å². The molecule has 0 aliphatic rings. The fourth-order valence-corrected chi connectivity index (χ4v) is 2.87. The Hall–Kier alpha value is -4.08. The maximum atomic E-state index is 9.13. The lowest BCUT2D eigenvalue weighted by Gasteiger charge is -2.08. The largest absolute Gasteiger partial charge is 0.508 e. The van der Waals surface area contributed by atoms with Crippen molar-refractivity contribution in [3.05, 3.63) is 78.9 Å². The molecule has 4 rings (SSSR count). The molecule has 142 valence electrons. The van der Waals surface area contributed by atoms with Crippen molar-refractivity contribution in [1.82, 2.24) is 0 Å². The van der Waals surface area contributed by atoms with Crippen LogP contribution in [0.2, 0.25) is 0 Å². The van der Waals surface area contributed by atoms with E-state index in [1.165, 1.54) is 0 Å². The van der Waals surface area contributed by atoms with E-state index in [1.807, 2.05) is 66.7 Å². The van der Waals surface area contributed by atoms with Crippen molar-refractivity contribution in [2.45, 2.75) is 0 Å². The van der Waals surface area contributed by atoms with Crippen LogP contribution in [0.25, 0.3) is 21.5 Å². The number of aromatic hydroxyl groups is 1. The van der Waals surface area contributed by atoms with Gasteiger partial charge in [0, 0.05) is 5.39 Å². The smallest absolute Gasteiger partial charge is 0.148 e. The molecule has 29 heavy (non-hydrogen) atoms. The van der Waals surface area contributed by atoms with Gasteiger partial charge >= 0.3 is 0 Å². The van der Waals surface area contributed by atoms with Gasteiger partial charge in [-0.2, -0.15) is 0 Å². The summed E-state index contributed by atoms with van der Waals surface area (Å²) >= 11 is 0. The van der Waals surface area contributed by atoms with Crippen molar-refractivity contribution in [2.24, 2.45) is 0 Å². The van der Waals surface area contributed by atoms with Crippen LogP contribution in [0.5, 0.6) is 17.2 Å². The van der Waals surface area contributed by atoms with E-state index in [-0.39, 0.29) is 13.2 Å². The molecule has 0 saturated carbocycles. The van der Waals surface area contributed by atoms with E-state index in [0.29, 0.717) is 5.75 Å². The minimum Gasteiger partial charge on any atom is -0.508 e. The molecule has 0 aliphatic heterocycles. The van der Waals surface area contributed by atoms with E-state index in [1.54, 1.807) is 12.1 Å². The Morgan fingerprint density at radius 3 is 2.21 bits per heavy atom. The number of rotatable bonds is 4. The summed E-state index contributed by atoms with van der Waals surface area (Å²) < 4.78 is 10.9. The van der Waals surface area contributed by atoms with Crippen molar-refractivity contribution in [3.8, 4) is 41.9 Å². The third kappa shape index (κ3) is 5.22. The van der Waals surface area contributed by atoms with Gasteiger partial charge in [-0.3, -0.25) is 0 Å². The summed E-state index contributed by atoms with van der Waals surface area (Å²) in [7, 11) is 0. The molecule has 0 amide bonds. The Kier molecular flexibility index (Phi) is 6.61. The van der Waals surface area contributed by atoms with Gasteiger partial charge in [0.15, 0.2) is 0 Å². The first-order valence-electron chi connectivity index (χ1n) is 9.04. The molecule has 0 saturated heterocycles. The molecule has 0 spiro atoms. The van der Waals surface area contributed by atoms with Gasteiger partial charge < -0.3 is 14.6 Å². The van der Waals surface area contributed by atoms with Crippen LogP contribution >= 0.6 is 0 Å². The summed E-state index contributed by atoms with van der Waals surface area (Å²) in [5, 5.41) is 13.4. The standard InChI is InChI=1S/C16H12O2.C10H8O/c1-3-10-17-14-8-9-15-13(12-14)6-5-7-16(15)18-11-4-2;11-10-6-5-8-3-1-2-4-9(8)7-10/h1-2,5-9,12H,10-11H2;1-7,11H. The number of ether oxygens (including phenoxy) is 2. The van der Waals surface area contributed by atoms with Crippen LogP contribution < -0.4 is 9.47 Å². The predicted molar refractivity (Wildman–Crippen MR) is 118 cm³/mol. The molecule has 0 bridgehead atoms. The van der Waals surface area contributed by atoms with Gasteiger partial charge in [0.2, 0.25) is 0 Å². The lowest BCUT2D eigenvalue weighted by molar-refractivity contribution is 0.370. The third-order valence-corrected chi connectivity index (χ3v) is 4.18. The van der Waals surface area contributed by atoms with Gasteiger partial charge in [-0.05, 0) is 52.6 Å². The van der Waals surface area contributed by atoms with Crippen LogP contribution in [-0.2, 0) is 0 Å². The topological polar surface area (TPSA) is 38.7 Å². The number of fused-ring (bicyclic) bond motifs is 2. The van der Waals surface area contributed by atoms with E-state index in [9.17, 15) is 0 Å². The minimum absolute atomic E-state index is 0.258. The first kappa shape index (κ1) is 19.7.